The van der Waals surface area contributed by atoms with Crippen molar-refractivity contribution in [2.75, 3.05) is 10.6 Å². The number of nitrogens with zero attached hydrogens (tertiary/aromatic N) is 2. The lowest BCUT2D eigenvalue weighted by atomic mass is 10.1. The lowest BCUT2D eigenvalue weighted by molar-refractivity contribution is 0.0926. The van der Waals surface area contributed by atoms with Crippen LogP contribution in [0.5, 0.6) is 0 Å². The van der Waals surface area contributed by atoms with Gasteiger partial charge in [-0.05, 0) is 30.3 Å². The predicted octanol–water partition coefficient (Wildman–Crippen LogP) is 2.08. The Balaban J connectivity index is 2.20. The first-order valence-corrected chi connectivity index (χ1v) is 6.01. The van der Waals surface area contributed by atoms with E-state index in [0.717, 1.165) is 17.0 Å². The van der Waals surface area contributed by atoms with Crippen molar-refractivity contribution in [2.24, 2.45) is 0 Å². The van der Waals surface area contributed by atoms with Gasteiger partial charge < -0.3 is 5.73 Å². The van der Waals surface area contributed by atoms with Crippen molar-refractivity contribution in [2.45, 2.75) is 0 Å². The molecule has 0 bridgehead atoms. The van der Waals surface area contributed by atoms with Gasteiger partial charge >= 0.3 is 0 Å². The molecule has 0 spiro atoms. The largest absolute Gasteiger partial charge is 0.398 e. The maximum Gasteiger partial charge on any atom is 0.268 e. The minimum atomic E-state index is -0.619. The number of carbonyl (C=O) groups is 2. The molecular formula is C15H8FN3O2. The van der Waals surface area contributed by atoms with Crippen molar-refractivity contribution < 1.29 is 14.0 Å². The summed E-state index contributed by atoms with van der Waals surface area (Å²) >= 11 is 0. The maximum atomic E-state index is 13.2. The highest BCUT2D eigenvalue weighted by atomic mass is 19.1. The van der Waals surface area contributed by atoms with Gasteiger partial charge in [-0.1, -0.05) is 6.07 Å². The summed E-state index contributed by atoms with van der Waals surface area (Å²) in [5.74, 6) is -1.81. The van der Waals surface area contributed by atoms with Crippen LogP contribution in [0.25, 0.3) is 0 Å². The molecule has 21 heavy (non-hydrogen) atoms. The Morgan fingerprint density at radius 3 is 2.57 bits per heavy atom. The Kier molecular flexibility index (Phi) is 2.70. The summed E-state index contributed by atoms with van der Waals surface area (Å²) in [6.45, 7) is 0. The molecule has 0 unspecified atom stereocenters. The maximum absolute atomic E-state index is 13.2. The zero-order valence-electron chi connectivity index (χ0n) is 10.6. The molecule has 0 saturated carbocycles. The second-order valence-corrected chi connectivity index (χ2v) is 4.49. The van der Waals surface area contributed by atoms with Crippen LogP contribution < -0.4 is 10.6 Å². The number of benzene rings is 2. The number of fused-ring (bicyclic) bond motifs is 1. The predicted molar refractivity (Wildman–Crippen MR) is 73.1 cm³/mol. The fourth-order valence-corrected chi connectivity index (χ4v) is 2.32. The molecule has 0 aliphatic carbocycles. The first kappa shape index (κ1) is 12.8. The summed E-state index contributed by atoms with van der Waals surface area (Å²) in [5, 5.41) is 9.06. The summed E-state index contributed by atoms with van der Waals surface area (Å²) in [5.41, 5.74) is 6.16. The van der Waals surface area contributed by atoms with Crippen molar-refractivity contribution in [3.8, 4) is 6.07 Å². The Morgan fingerprint density at radius 1 is 1.14 bits per heavy atom. The van der Waals surface area contributed by atoms with E-state index in [9.17, 15) is 14.0 Å². The van der Waals surface area contributed by atoms with E-state index in [1.807, 2.05) is 0 Å². The first-order valence-electron chi connectivity index (χ1n) is 6.01. The van der Waals surface area contributed by atoms with Gasteiger partial charge in [0.2, 0.25) is 0 Å². The minimum Gasteiger partial charge on any atom is -0.398 e. The molecule has 0 aromatic heterocycles. The van der Waals surface area contributed by atoms with Gasteiger partial charge in [0.1, 0.15) is 11.9 Å². The van der Waals surface area contributed by atoms with Crippen LogP contribution in [-0.4, -0.2) is 11.8 Å². The fourth-order valence-electron chi connectivity index (χ4n) is 2.32. The lowest BCUT2D eigenvalue weighted by Gasteiger charge is -2.15. The molecule has 6 heteroatoms. The summed E-state index contributed by atoms with van der Waals surface area (Å²) in [4.78, 5) is 25.6. The van der Waals surface area contributed by atoms with Crippen molar-refractivity contribution in [1.29, 1.82) is 5.26 Å². The molecular weight excluding hydrogens is 273 g/mol. The minimum absolute atomic E-state index is 0.0458. The third-order valence-corrected chi connectivity index (χ3v) is 3.27. The molecule has 0 radical (unpaired) electrons. The summed E-state index contributed by atoms with van der Waals surface area (Å²) < 4.78 is 13.2. The van der Waals surface area contributed by atoms with Crippen LogP contribution in [0.3, 0.4) is 0 Å². The number of imide groups is 1. The van der Waals surface area contributed by atoms with Crippen LogP contribution >= 0.6 is 0 Å². The van der Waals surface area contributed by atoms with Crippen LogP contribution in [0.15, 0.2) is 36.4 Å². The Hall–Kier alpha value is -3.20. The van der Waals surface area contributed by atoms with Gasteiger partial charge in [-0.25, -0.2) is 9.29 Å². The van der Waals surface area contributed by atoms with E-state index in [1.54, 1.807) is 12.1 Å². The van der Waals surface area contributed by atoms with Crippen molar-refractivity contribution >= 4 is 23.2 Å². The average molecular weight is 281 g/mol. The van der Waals surface area contributed by atoms with Gasteiger partial charge in [0, 0.05) is 5.69 Å². The van der Waals surface area contributed by atoms with Gasteiger partial charge in [0.05, 0.1) is 22.4 Å². The number of nitriles is 1. The number of rotatable bonds is 1. The van der Waals surface area contributed by atoms with Gasteiger partial charge in [-0.2, -0.15) is 5.26 Å². The quantitative estimate of drug-likeness (QED) is 0.640. The lowest BCUT2D eigenvalue weighted by Crippen LogP contribution is -2.30. The Labute approximate surface area is 119 Å². The van der Waals surface area contributed by atoms with E-state index in [4.69, 9.17) is 11.0 Å². The number of carbonyl (C=O) groups excluding carboxylic acids is 2. The molecule has 5 nitrogen and oxygen atoms in total. The van der Waals surface area contributed by atoms with Crippen molar-refractivity contribution in [3.63, 3.8) is 0 Å². The first-order chi connectivity index (χ1) is 10.0. The van der Waals surface area contributed by atoms with E-state index in [1.165, 1.54) is 18.2 Å². The summed E-state index contributed by atoms with van der Waals surface area (Å²) in [7, 11) is 0. The second-order valence-electron chi connectivity index (χ2n) is 4.49. The highest BCUT2D eigenvalue weighted by molar-refractivity contribution is 6.36. The van der Waals surface area contributed by atoms with Crippen LogP contribution in [0.1, 0.15) is 26.3 Å². The number of halogens is 1. The van der Waals surface area contributed by atoms with Gasteiger partial charge in [0.25, 0.3) is 11.8 Å². The van der Waals surface area contributed by atoms with Crippen LogP contribution in [0, 0.1) is 17.1 Å². The number of nitrogens with two attached hydrogens (primary N) is 1. The number of nitrogen functional groups attached to an aromatic ring is 1. The monoisotopic (exact) mass is 281 g/mol. The molecule has 0 fully saturated rings. The number of amides is 2. The smallest absolute Gasteiger partial charge is 0.268 e. The molecule has 1 heterocycles. The zero-order valence-corrected chi connectivity index (χ0v) is 10.6. The molecule has 3 rings (SSSR count). The molecule has 1 aliphatic heterocycles. The molecule has 2 N–H and O–H groups in total. The van der Waals surface area contributed by atoms with E-state index >= 15 is 0 Å². The van der Waals surface area contributed by atoms with Gasteiger partial charge in [-0.15, -0.1) is 0 Å². The number of hydrogen-bond acceptors (Lipinski definition) is 4. The van der Waals surface area contributed by atoms with Crippen LogP contribution in [0.2, 0.25) is 0 Å². The standard InChI is InChI=1S/C15H8FN3O2/c16-9-4-5-12(8(6-9)7-17)19-14(20)10-2-1-3-11(18)13(10)15(19)21/h1-6H,18H2. The Morgan fingerprint density at radius 2 is 1.90 bits per heavy atom. The molecule has 1 aliphatic rings. The van der Waals surface area contributed by atoms with E-state index in [2.05, 4.69) is 0 Å². The topological polar surface area (TPSA) is 87.2 Å². The third kappa shape index (κ3) is 1.75. The molecule has 2 amide bonds. The SMILES string of the molecule is N#Cc1cc(F)ccc1N1C(=O)c2cccc(N)c2C1=O. The van der Waals surface area contributed by atoms with Crippen LogP contribution in [0.4, 0.5) is 15.8 Å². The Bertz CT molecular complexity index is 839. The highest BCUT2D eigenvalue weighted by Crippen LogP contribution is 2.33. The highest BCUT2D eigenvalue weighted by Gasteiger charge is 2.39. The molecule has 0 atom stereocenters. The second kappa shape index (κ2) is 4.42. The van der Waals surface area contributed by atoms with Crippen LogP contribution in [-0.2, 0) is 0 Å². The van der Waals surface area contributed by atoms with E-state index in [-0.39, 0.29) is 28.1 Å². The third-order valence-electron chi connectivity index (χ3n) is 3.27. The molecule has 102 valence electrons. The van der Waals surface area contributed by atoms with Gasteiger partial charge in [0.15, 0.2) is 0 Å². The summed E-state index contributed by atoms with van der Waals surface area (Å²) in [6, 6.07) is 9.64. The van der Waals surface area contributed by atoms with Crippen molar-refractivity contribution in [1.82, 2.24) is 0 Å². The zero-order chi connectivity index (χ0) is 15.1. The van der Waals surface area contributed by atoms with Crippen molar-refractivity contribution in [3.05, 3.63) is 58.9 Å². The summed E-state index contributed by atoms with van der Waals surface area (Å²) in [6.07, 6.45) is 0. The van der Waals surface area contributed by atoms with E-state index < -0.39 is 17.6 Å². The number of anilines is 2. The van der Waals surface area contributed by atoms with Gasteiger partial charge in [-0.3, -0.25) is 9.59 Å². The molecule has 0 saturated heterocycles. The molecule has 2 aromatic rings. The number of hydrogen-bond donors (Lipinski definition) is 1. The van der Waals surface area contributed by atoms with E-state index in [0.29, 0.717) is 0 Å². The normalized spacial score (nSPS) is 13.2. The molecule has 2 aromatic carbocycles. The average Bonchev–Trinajstić information content (AvgIpc) is 2.72. The fraction of sp³-hybridized carbons (Fsp3) is 0.